The number of hydrogen-bond acceptors (Lipinski definition) is 3. The van der Waals surface area contributed by atoms with Crippen LogP contribution in [0.15, 0.2) is 33.7 Å². The zero-order valence-electron chi connectivity index (χ0n) is 12.3. The molecule has 2 saturated carbocycles. The van der Waals surface area contributed by atoms with Crippen LogP contribution in [0.1, 0.15) is 38.5 Å². The summed E-state index contributed by atoms with van der Waals surface area (Å²) < 4.78 is 1.10. The van der Waals surface area contributed by atoms with Gasteiger partial charge >= 0.3 is 0 Å². The van der Waals surface area contributed by atoms with Gasteiger partial charge in [-0.2, -0.15) is 0 Å². The summed E-state index contributed by atoms with van der Waals surface area (Å²) in [7, 11) is 0. The summed E-state index contributed by atoms with van der Waals surface area (Å²) in [6.07, 6.45) is 8.07. The minimum Gasteiger partial charge on any atom is -0.369 e. The van der Waals surface area contributed by atoms with Crippen LogP contribution in [-0.2, 0) is 0 Å². The van der Waals surface area contributed by atoms with E-state index in [0.717, 1.165) is 22.9 Å². The molecule has 4 heteroatoms. The molecule has 0 radical (unpaired) electrons. The van der Waals surface area contributed by atoms with Gasteiger partial charge in [0.05, 0.1) is 12.1 Å². The van der Waals surface area contributed by atoms with Gasteiger partial charge in [-0.25, -0.2) is 0 Å². The fourth-order valence-corrected chi connectivity index (χ4v) is 4.72. The Kier molecular flexibility index (Phi) is 3.25. The third-order valence-corrected chi connectivity index (χ3v) is 5.95. The summed E-state index contributed by atoms with van der Waals surface area (Å²) in [5.74, 6) is 2.56. The van der Waals surface area contributed by atoms with Crippen molar-refractivity contribution < 1.29 is 0 Å². The van der Waals surface area contributed by atoms with Crippen molar-refractivity contribution >= 4 is 27.6 Å². The minimum atomic E-state index is 0.135. The van der Waals surface area contributed by atoms with Gasteiger partial charge in [0.25, 0.3) is 0 Å². The van der Waals surface area contributed by atoms with Gasteiger partial charge in [-0.1, -0.05) is 34.8 Å². The van der Waals surface area contributed by atoms with E-state index in [-0.39, 0.29) is 5.54 Å². The van der Waals surface area contributed by atoms with Gasteiger partial charge in [-0.15, -0.1) is 0 Å². The van der Waals surface area contributed by atoms with Crippen LogP contribution in [0.5, 0.6) is 0 Å². The first-order chi connectivity index (χ1) is 10.2. The lowest BCUT2D eigenvalue weighted by molar-refractivity contribution is 0.219. The number of guanidine groups is 1. The molecule has 3 nitrogen and oxygen atoms in total. The van der Waals surface area contributed by atoms with Crippen molar-refractivity contribution in [1.82, 2.24) is 0 Å². The second kappa shape index (κ2) is 5.01. The fourth-order valence-electron chi connectivity index (χ4n) is 4.34. The van der Waals surface area contributed by atoms with Crippen LogP contribution in [-0.4, -0.2) is 18.0 Å². The first-order valence-electron chi connectivity index (χ1n) is 8.04. The molecule has 0 saturated heterocycles. The number of hydrogen-bond donors (Lipinski definition) is 1. The molecule has 0 amide bonds. The molecule has 1 aromatic carbocycles. The first kappa shape index (κ1) is 13.6. The molecule has 1 spiro atoms. The summed E-state index contributed by atoms with van der Waals surface area (Å²) in [5, 5.41) is 0. The van der Waals surface area contributed by atoms with Crippen LogP contribution in [0, 0.1) is 11.8 Å². The van der Waals surface area contributed by atoms with Gasteiger partial charge in [-0.3, -0.25) is 4.99 Å². The van der Waals surface area contributed by atoms with Crippen molar-refractivity contribution in [3.8, 4) is 0 Å². The lowest BCUT2D eigenvalue weighted by atomic mass is 9.73. The van der Waals surface area contributed by atoms with Crippen LogP contribution in [0.3, 0.4) is 0 Å². The molecule has 3 aliphatic rings. The van der Waals surface area contributed by atoms with Gasteiger partial charge in [0.15, 0.2) is 5.96 Å². The average Bonchev–Trinajstić information content (AvgIpc) is 3.26. The van der Waals surface area contributed by atoms with E-state index in [1.807, 2.05) is 0 Å². The molecule has 1 aliphatic heterocycles. The van der Waals surface area contributed by atoms with Gasteiger partial charge in [0.2, 0.25) is 0 Å². The fraction of sp³-hybridized carbons (Fsp3) is 0.588. The molecular weight excluding hydrogens is 326 g/mol. The molecule has 4 rings (SSSR count). The van der Waals surface area contributed by atoms with E-state index in [1.54, 1.807) is 0 Å². The molecule has 2 atom stereocenters. The predicted molar refractivity (Wildman–Crippen MR) is 90.5 cm³/mol. The summed E-state index contributed by atoms with van der Waals surface area (Å²) in [6.45, 7) is 0.870. The highest BCUT2D eigenvalue weighted by Gasteiger charge is 2.48. The molecule has 1 heterocycles. The van der Waals surface area contributed by atoms with E-state index in [1.165, 1.54) is 44.2 Å². The number of nitrogens with zero attached hydrogens (tertiary/aromatic N) is 2. The van der Waals surface area contributed by atoms with Crippen LogP contribution >= 0.6 is 15.9 Å². The van der Waals surface area contributed by atoms with Gasteiger partial charge in [0.1, 0.15) is 0 Å². The Hall–Kier alpha value is -1.03. The molecule has 0 bridgehead atoms. The largest absolute Gasteiger partial charge is 0.369 e. The average molecular weight is 348 g/mol. The van der Waals surface area contributed by atoms with Crippen molar-refractivity contribution in [3.05, 3.63) is 28.7 Å². The predicted octanol–water partition coefficient (Wildman–Crippen LogP) is 3.92. The van der Waals surface area contributed by atoms with E-state index < -0.39 is 0 Å². The van der Waals surface area contributed by atoms with Crippen molar-refractivity contribution in [3.63, 3.8) is 0 Å². The SMILES string of the molecule is NC1=NCC2(CCCC(C3CC3)C2)N1c1cccc(Br)c1. The molecule has 2 unspecified atom stereocenters. The maximum absolute atomic E-state index is 6.26. The summed E-state index contributed by atoms with van der Waals surface area (Å²) in [4.78, 5) is 6.95. The van der Waals surface area contributed by atoms with Crippen LogP contribution in [0.25, 0.3) is 0 Å². The first-order valence-corrected chi connectivity index (χ1v) is 8.83. The second-order valence-electron chi connectivity index (χ2n) is 6.91. The van der Waals surface area contributed by atoms with Gasteiger partial charge in [-0.05, 0) is 55.7 Å². The number of benzene rings is 1. The smallest absolute Gasteiger partial charge is 0.196 e. The number of anilines is 1. The summed E-state index contributed by atoms with van der Waals surface area (Å²) in [5.41, 5.74) is 7.58. The zero-order chi connectivity index (χ0) is 14.4. The minimum absolute atomic E-state index is 0.135. The molecule has 112 valence electrons. The van der Waals surface area contributed by atoms with E-state index in [4.69, 9.17) is 5.73 Å². The number of halogens is 1. The topological polar surface area (TPSA) is 41.6 Å². The number of rotatable bonds is 2. The van der Waals surface area contributed by atoms with E-state index in [0.29, 0.717) is 5.96 Å². The molecule has 2 N–H and O–H groups in total. The lowest BCUT2D eigenvalue weighted by Crippen LogP contribution is -2.54. The Balaban J connectivity index is 1.67. The Morgan fingerprint density at radius 3 is 2.86 bits per heavy atom. The van der Waals surface area contributed by atoms with E-state index >= 15 is 0 Å². The lowest BCUT2D eigenvalue weighted by Gasteiger charge is -2.45. The van der Waals surface area contributed by atoms with Gasteiger partial charge in [0, 0.05) is 10.2 Å². The Morgan fingerprint density at radius 2 is 2.10 bits per heavy atom. The summed E-state index contributed by atoms with van der Waals surface area (Å²) in [6, 6.07) is 8.46. The van der Waals surface area contributed by atoms with Crippen LogP contribution < -0.4 is 10.6 Å². The molecular formula is C17H22BrN3. The normalized spacial score (nSPS) is 32.5. The maximum atomic E-state index is 6.26. The molecule has 21 heavy (non-hydrogen) atoms. The molecule has 1 aromatic rings. The third kappa shape index (κ3) is 2.37. The van der Waals surface area contributed by atoms with Crippen molar-refractivity contribution in [2.75, 3.05) is 11.4 Å². The highest BCUT2D eigenvalue weighted by molar-refractivity contribution is 9.10. The molecule has 2 aliphatic carbocycles. The highest BCUT2D eigenvalue weighted by Crippen LogP contribution is 2.50. The molecule has 2 fully saturated rings. The van der Waals surface area contributed by atoms with E-state index in [2.05, 4.69) is 50.1 Å². The zero-order valence-corrected chi connectivity index (χ0v) is 13.8. The Morgan fingerprint density at radius 1 is 1.24 bits per heavy atom. The third-order valence-electron chi connectivity index (χ3n) is 5.45. The Labute approximate surface area is 134 Å². The van der Waals surface area contributed by atoms with Crippen molar-refractivity contribution in [1.29, 1.82) is 0 Å². The summed E-state index contributed by atoms with van der Waals surface area (Å²) >= 11 is 3.58. The monoisotopic (exact) mass is 347 g/mol. The van der Waals surface area contributed by atoms with Crippen molar-refractivity contribution in [2.45, 2.75) is 44.1 Å². The van der Waals surface area contributed by atoms with Crippen LogP contribution in [0.4, 0.5) is 5.69 Å². The quantitative estimate of drug-likeness (QED) is 0.880. The van der Waals surface area contributed by atoms with Crippen molar-refractivity contribution in [2.24, 2.45) is 22.6 Å². The standard InChI is InChI=1S/C17H22BrN3/c18-14-4-1-5-15(9-14)21-16(19)20-11-17(21)8-2-3-13(10-17)12-6-7-12/h1,4-5,9,12-13H,2-3,6-8,10-11H2,(H2,19,20). The number of nitrogens with two attached hydrogens (primary N) is 1. The number of aliphatic imine (C=N–C) groups is 1. The second-order valence-corrected chi connectivity index (χ2v) is 7.82. The maximum Gasteiger partial charge on any atom is 0.196 e. The Bertz CT molecular complexity index is 581. The molecule has 0 aromatic heterocycles. The highest BCUT2D eigenvalue weighted by atomic mass is 79.9. The van der Waals surface area contributed by atoms with E-state index in [9.17, 15) is 0 Å². The van der Waals surface area contributed by atoms with Crippen LogP contribution in [0.2, 0.25) is 0 Å². The van der Waals surface area contributed by atoms with Gasteiger partial charge < -0.3 is 10.6 Å².